The zero-order valence-corrected chi connectivity index (χ0v) is 9.78. The molecule has 0 saturated carbocycles. The summed E-state index contributed by atoms with van der Waals surface area (Å²) in [6.45, 7) is 13.5. The van der Waals surface area contributed by atoms with E-state index in [1.165, 1.54) is 39.1 Å². The third-order valence-corrected chi connectivity index (χ3v) is 3.62. The molecule has 3 saturated heterocycles. The number of nitrogens with zero attached hydrogens (tertiary/aromatic N) is 2. The van der Waals surface area contributed by atoms with Crippen LogP contribution in [0.5, 0.6) is 0 Å². The molecule has 86 valence electrons. The van der Waals surface area contributed by atoms with E-state index in [1.807, 2.05) is 0 Å². The quantitative estimate of drug-likeness (QED) is 0.667. The maximum Gasteiger partial charge on any atom is 0.0417 e. The molecule has 3 aliphatic heterocycles. The standard InChI is InChI=1S/C12H23N3/c1-3-5-13-11(4-2)12-10-14-6-8-15(12)9-7-14/h4,11-13H,2-3,5-10H2,1H3. The Balaban J connectivity index is 1.92. The molecule has 2 unspecified atom stereocenters. The molecule has 1 N–H and O–H groups in total. The number of piperazine rings is 3. The molecule has 0 aromatic heterocycles. The Morgan fingerprint density at radius 1 is 1.40 bits per heavy atom. The van der Waals surface area contributed by atoms with Gasteiger partial charge >= 0.3 is 0 Å². The van der Waals surface area contributed by atoms with Crippen molar-refractivity contribution >= 4 is 0 Å². The summed E-state index contributed by atoms with van der Waals surface area (Å²) in [5.41, 5.74) is 0. The summed E-state index contributed by atoms with van der Waals surface area (Å²) in [4.78, 5) is 5.20. The topological polar surface area (TPSA) is 18.5 Å². The molecule has 15 heavy (non-hydrogen) atoms. The highest BCUT2D eigenvalue weighted by molar-refractivity contribution is 5.01. The minimum Gasteiger partial charge on any atom is -0.309 e. The van der Waals surface area contributed by atoms with E-state index in [9.17, 15) is 0 Å². The predicted octanol–water partition coefficient (Wildman–Crippen LogP) is 0.540. The number of nitrogens with one attached hydrogen (secondary N) is 1. The molecule has 3 heteroatoms. The lowest BCUT2D eigenvalue weighted by Gasteiger charge is -2.49. The Morgan fingerprint density at radius 3 is 2.60 bits per heavy atom. The van der Waals surface area contributed by atoms with Crippen LogP contribution < -0.4 is 5.32 Å². The van der Waals surface area contributed by atoms with Gasteiger partial charge in [-0.05, 0) is 13.0 Å². The molecule has 0 aliphatic carbocycles. The first-order chi connectivity index (χ1) is 7.35. The fourth-order valence-corrected chi connectivity index (χ4v) is 2.69. The average molecular weight is 209 g/mol. The highest BCUT2D eigenvalue weighted by Gasteiger charge is 2.35. The van der Waals surface area contributed by atoms with E-state index in [0.29, 0.717) is 12.1 Å². The molecule has 3 aliphatic rings. The van der Waals surface area contributed by atoms with Crippen molar-refractivity contribution < 1.29 is 0 Å². The van der Waals surface area contributed by atoms with E-state index in [-0.39, 0.29) is 0 Å². The lowest BCUT2D eigenvalue weighted by Crippen LogP contribution is -2.66. The summed E-state index contributed by atoms with van der Waals surface area (Å²) in [6, 6.07) is 1.12. The number of hydrogen-bond acceptors (Lipinski definition) is 3. The van der Waals surface area contributed by atoms with Gasteiger partial charge in [0.2, 0.25) is 0 Å². The normalized spacial score (nSPS) is 36.5. The van der Waals surface area contributed by atoms with Gasteiger partial charge in [-0.15, -0.1) is 6.58 Å². The maximum atomic E-state index is 3.97. The molecular formula is C12H23N3. The van der Waals surface area contributed by atoms with Gasteiger partial charge in [0.1, 0.15) is 0 Å². The summed E-state index contributed by atoms with van der Waals surface area (Å²) >= 11 is 0. The fourth-order valence-electron chi connectivity index (χ4n) is 2.69. The SMILES string of the molecule is C=CC(NCCC)C1CN2CCN1CC2. The summed E-state index contributed by atoms with van der Waals surface area (Å²) in [5.74, 6) is 0. The third-order valence-electron chi connectivity index (χ3n) is 3.62. The van der Waals surface area contributed by atoms with E-state index in [1.54, 1.807) is 0 Å². The van der Waals surface area contributed by atoms with Crippen molar-refractivity contribution in [3.63, 3.8) is 0 Å². The minimum absolute atomic E-state index is 0.466. The summed E-state index contributed by atoms with van der Waals surface area (Å²) < 4.78 is 0. The van der Waals surface area contributed by atoms with Crippen LogP contribution in [0.15, 0.2) is 12.7 Å². The smallest absolute Gasteiger partial charge is 0.0417 e. The number of rotatable bonds is 5. The first-order valence-electron chi connectivity index (χ1n) is 6.17. The van der Waals surface area contributed by atoms with E-state index in [0.717, 1.165) is 6.54 Å². The second kappa shape index (κ2) is 5.10. The molecule has 3 fully saturated rings. The van der Waals surface area contributed by atoms with Gasteiger partial charge in [-0.25, -0.2) is 0 Å². The predicted molar refractivity (Wildman–Crippen MR) is 64.1 cm³/mol. The Bertz CT molecular complexity index is 209. The average Bonchev–Trinajstić information content (AvgIpc) is 2.32. The zero-order valence-electron chi connectivity index (χ0n) is 9.78. The Morgan fingerprint density at radius 2 is 2.13 bits per heavy atom. The number of fused-ring (bicyclic) bond motifs is 3. The van der Waals surface area contributed by atoms with Gasteiger partial charge in [0.15, 0.2) is 0 Å². The van der Waals surface area contributed by atoms with Crippen molar-refractivity contribution in [3.05, 3.63) is 12.7 Å². The summed E-state index contributed by atoms with van der Waals surface area (Å²) in [7, 11) is 0. The molecule has 0 radical (unpaired) electrons. The van der Waals surface area contributed by atoms with Crippen LogP contribution in [0.2, 0.25) is 0 Å². The Kier molecular flexibility index (Phi) is 3.78. The van der Waals surface area contributed by atoms with Crippen molar-refractivity contribution in [1.82, 2.24) is 15.1 Å². The van der Waals surface area contributed by atoms with Crippen molar-refractivity contribution in [2.45, 2.75) is 25.4 Å². The lowest BCUT2D eigenvalue weighted by atomic mass is 10.00. The van der Waals surface area contributed by atoms with Crippen LogP contribution in [0.1, 0.15) is 13.3 Å². The molecule has 0 amide bonds. The molecule has 0 aromatic rings. The van der Waals surface area contributed by atoms with Gasteiger partial charge in [0.05, 0.1) is 0 Å². The van der Waals surface area contributed by atoms with Crippen LogP contribution >= 0.6 is 0 Å². The van der Waals surface area contributed by atoms with Gasteiger partial charge in [0, 0.05) is 44.8 Å². The van der Waals surface area contributed by atoms with Gasteiger partial charge in [-0.3, -0.25) is 9.80 Å². The van der Waals surface area contributed by atoms with Gasteiger partial charge in [-0.1, -0.05) is 13.0 Å². The third kappa shape index (κ3) is 2.41. The molecule has 2 bridgehead atoms. The van der Waals surface area contributed by atoms with Crippen molar-refractivity contribution in [1.29, 1.82) is 0 Å². The monoisotopic (exact) mass is 209 g/mol. The summed E-state index contributed by atoms with van der Waals surface area (Å²) in [6.07, 6.45) is 3.28. The lowest BCUT2D eigenvalue weighted by molar-refractivity contribution is 0.00376. The fraction of sp³-hybridized carbons (Fsp3) is 0.833. The molecule has 3 heterocycles. The first kappa shape index (κ1) is 11.1. The van der Waals surface area contributed by atoms with Crippen molar-refractivity contribution in [3.8, 4) is 0 Å². The highest BCUT2D eigenvalue weighted by Crippen LogP contribution is 2.18. The molecule has 2 atom stereocenters. The van der Waals surface area contributed by atoms with E-state index in [4.69, 9.17) is 0 Å². The van der Waals surface area contributed by atoms with E-state index in [2.05, 4.69) is 34.7 Å². The van der Waals surface area contributed by atoms with Crippen LogP contribution in [0.3, 0.4) is 0 Å². The molecular weight excluding hydrogens is 186 g/mol. The molecule has 3 nitrogen and oxygen atoms in total. The second-order valence-electron chi connectivity index (χ2n) is 4.62. The summed E-state index contributed by atoms with van der Waals surface area (Å²) in [5, 5.41) is 3.59. The van der Waals surface area contributed by atoms with Crippen molar-refractivity contribution in [2.75, 3.05) is 39.3 Å². The van der Waals surface area contributed by atoms with Crippen LogP contribution in [-0.2, 0) is 0 Å². The van der Waals surface area contributed by atoms with Gasteiger partial charge < -0.3 is 5.32 Å². The molecule has 0 aromatic carbocycles. The Hall–Kier alpha value is -0.380. The van der Waals surface area contributed by atoms with Crippen molar-refractivity contribution in [2.24, 2.45) is 0 Å². The molecule has 3 rings (SSSR count). The van der Waals surface area contributed by atoms with Crippen LogP contribution in [-0.4, -0.2) is 61.2 Å². The number of hydrogen-bond donors (Lipinski definition) is 1. The van der Waals surface area contributed by atoms with E-state index < -0.39 is 0 Å². The Labute approximate surface area is 93.1 Å². The van der Waals surface area contributed by atoms with Gasteiger partial charge in [-0.2, -0.15) is 0 Å². The van der Waals surface area contributed by atoms with Gasteiger partial charge in [0.25, 0.3) is 0 Å². The minimum atomic E-state index is 0.466. The van der Waals surface area contributed by atoms with Crippen LogP contribution in [0, 0.1) is 0 Å². The zero-order chi connectivity index (χ0) is 10.7. The highest BCUT2D eigenvalue weighted by atomic mass is 15.4. The largest absolute Gasteiger partial charge is 0.309 e. The van der Waals surface area contributed by atoms with Crippen LogP contribution in [0.25, 0.3) is 0 Å². The second-order valence-corrected chi connectivity index (χ2v) is 4.62. The maximum absolute atomic E-state index is 3.97. The first-order valence-corrected chi connectivity index (χ1v) is 6.17. The molecule has 0 spiro atoms. The van der Waals surface area contributed by atoms with Crippen LogP contribution in [0.4, 0.5) is 0 Å². The van der Waals surface area contributed by atoms with E-state index >= 15 is 0 Å².